The Morgan fingerprint density at radius 1 is 0.523 bits per heavy atom. The number of carboxylic acid groups (broad SMARTS) is 2. The van der Waals surface area contributed by atoms with Crippen molar-refractivity contribution in [2.75, 3.05) is 7.11 Å². The zero-order valence-electron chi connectivity index (χ0n) is 57.8. The number of nitrogens with one attached hydrogen (secondary N) is 2. The number of methoxy groups -OCH3 is 1. The van der Waals surface area contributed by atoms with Gasteiger partial charge >= 0.3 is 17.9 Å². The number of aliphatic carboxylic acids is 2. The number of carboxylic acids is 2. The van der Waals surface area contributed by atoms with Crippen LogP contribution in [0, 0.1) is 58.2 Å². The van der Waals surface area contributed by atoms with E-state index < -0.39 is 11.9 Å². The van der Waals surface area contributed by atoms with E-state index in [1.807, 2.05) is 115 Å². The smallest absolute Gasteiger partial charge is 0.306 e. The van der Waals surface area contributed by atoms with Gasteiger partial charge in [0.2, 0.25) is 0 Å². The number of aryl methyl sites for hydroxylation is 3. The summed E-state index contributed by atoms with van der Waals surface area (Å²) < 4.78 is 4.60. The van der Waals surface area contributed by atoms with E-state index in [0.29, 0.717) is 55.4 Å². The minimum absolute atomic E-state index is 0.0421. The number of rotatable bonds is 23. The molecule has 86 heavy (non-hydrogen) atoms. The van der Waals surface area contributed by atoms with Crippen LogP contribution in [0.5, 0.6) is 11.5 Å². The Balaban J connectivity index is -0.000000293. The van der Waals surface area contributed by atoms with Crippen LogP contribution >= 0.6 is 0 Å². The lowest BCUT2D eigenvalue weighted by Crippen LogP contribution is -2.23. The molecule has 0 fully saturated rings. The molecular weight excluding hydrogens is 1090 g/mol. The summed E-state index contributed by atoms with van der Waals surface area (Å²) in [4.78, 5) is 89.4. The van der Waals surface area contributed by atoms with E-state index in [0.717, 1.165) is 35.6 Å². The number of carbonyl (C=O) groups excluding carboxylic acids is 5. The fraction of sp³-hybridized carbons (Fsp3) is 0.643. The fourth-order valence-electron chi connectivity index (χ4n) is 5.75. The Morgan fingerprint density at radius 3 is 1.24 bits per heavy atom. The van der Waals surface area contributed by atoms with Crippen molar-refractivity contribution in [1.82, 2.24) is 19.9 Å². The van der Waals surface area contributed by atoms with Crippen LogP contribution in [-0.4, -0.2) is 88.5 Å². The van der Waals surface area contributed by atoms with Gasteiger partial charge in [-0.1, -0.05) is 196 Å². The minimum Gasteiger partial charge on any atom is -0.508 e. The highest BCUT2D eigenvalue weighted by Gasteiger charge is 2.26. The third-order valence-electron chi connectivity index (χ3n) is 13.5. The summed E-state index contributed by atoms with van der Waals surface area (Å²) in [5.41, 5.74) is 3.70. The van der Waals surface area contributed by atoms with Crippen LogP contribution in [0.3, 0.4) is 0 Å². The van der Waals surface area contributed by atoms with Crippen molar-refractivity contribution in [2.24, 2.45) is 58.2 Å². The Labute approximate surface area is 520 Å². The lowest BCUT2D eigenvalue weighted by molar-refractivity contribution is -0.144. The molecule has 0 aliphatic carbocycles. The molecule has 16 nitrogen and oxygen atoms in total. The van der Waals surface area contributed by atoms with Crippen LogP contribution in [0.2, 0.25) is 0 Å². The molecule has 0 unspecified atom stereocenters. The van der Waals surface area contributed by atoms with E-state index in [9.17, 15) is 38.7 Å². The van der Waals surface area contributed by atoms with Crippen molar-refractivity contribution < 1.29 is 58.7 Å². The Morgan fingerprint density at radius 2 is 0.942 bits per heavy atom. The van der Waals surface area contributed by atoms with E-state index in [1.54, 1.807) is 49.1 Å². The molecule has 0 saturated heterocycles. The average molecular weight is 1210 g/mol. The highest BCUT2D eigenvalue weighted by atomic mass is 16.5. The first-order valence-corrected chi connectivity index (χ1v) is 30.8. The summed E-state index contributed by atoms with van der Waals surface area (Å²) in [6.07, 6.45) is 14.0. The number of ether oxygens (including phenoxy) is 1. The summed E-state index contributed by atoms with van der Waals surface area (Å²) in [6.45, 7) is 46.3. The molecule has 16 heteroatoms. The number of carbonyl (C=O) groups is 7. The van der Waals surface area contributed by atoms with Gasteiger partial charge in [0.1, 0.15) is 34.5 Å². The van der Waals surface area contributed by atoms with Crippen LogP contribution in [0.25, 0.3) is 0 Å². The quantitative estimate of drug-likeness (QED) is 0.0298. The van der Waals surface area contributed by atoms with Crippen molar-refractivity contribution in [3.05, 3.63) is 96.1 Å². The Hall–Kier alpha value is -6.45. The summed E-state index contributed by atoms with van der Waals surface area (Å²) in [5, 5.41) is 34.8. The van der Waals surface area contributed by atoms with Crippen LogP contribution in [0.1, 0.15) is 238 Å². The summed E-state index contributed by atoms with van der Waals surface area (Å²) in [7, 11) is 1.43. The average Bonchev–Trinajstić information content (AvgIpc) is 4.16. The number of aromatic nitrogens is 4. The van der Waals surface area contributed by atoms with Gasteiger partial charge in [-0.05, 0) is 89.2 Å². The van der Waals surface area contributed by atoms with Gasteiger partial charge in [0, 0.05) is 61.2 Å². The predicted octanol–water partition coefficient (Wildman–Crippen LogP) is 16.9. The summed E-state index contributed by atoms with van der Waals surface area (Å²) in [5.74, 6) is 2.46. The molecule has 6 N–H and O–H groups in total. The maximum absolute atomic E-state index is 11.3. The number of phenolic OH excluding ortho intramolecular Hbond substituents is 2. The molecule has 0 aliphatic rings. The first-order valence-electron chi connectivity index (χ1n) is 30.8. The second kappa shape index (κ2) is 50.7. The zero-order valence-corrected chi connectivity index (χ0v) is 57.8. The predicted molar refractivity (Wildman–Crippen MR) is 351 cm³/mol. The second-order valence-corrected chi connectivity index (χ2v) is 25.4. The lowest BCUT2D eigenvalue weighted by atomic mass is 9.78. The SMILES string of the molecule is CC(C)C(=O)CCc1ccc(O)cc1.CC(C)C(=O)CCc1cccc(O)c1.CC(C)C(=O)CCc1cnc[nH]1.CC(C)C(=O)c1cnc[nH]1.CC(C)C(C)(C)CC(=O)O.CC(C)CC(=O)O.CCC.CCC(C)C.COC(=O)CC(C)(C)C(C)C. The van der Waals surface area contributed by atoms with E-state index in [4.69, 9.17) is 15.3 Å². The van der Waals surface area contributed by atoms with Crippen molar-refractivity contribution >= 4 is 41.0 Å². The molecule has 0 atom stereocenters. The van der Waals surface area contributed by atoms with E-state index in [-0.39, 0.29) is 88.1 Å². The number of H-pyrrole nitrogens is 2. The third kappa shape index (κ3) is 53.1. The maximum Gasteiger partial charge on any atom is 0.306 e. The molecule has 492 valence electrons. The van der Waals surface area contributed by atoms with E-state index in [1.165, 1.54) is 26.3 Å². The molecule has 4 rings (SSSR count). The number of benzene rings is 2. The number of esters is 1. The lowest BCUT2D eigenvalue weighted by Gasteiger charge is -2.27. The number of aromatic amines is 2. The van der Waals surface area contributed by atoms with Gasteiger partial charge in [-0.25, -0.2) is 9.97 Å². The number of phenols is 2. The number of hydrogen-bond donors (Lipinski definition) is 6. The second-order valence-electron chi connectivity index (χ2n) is 25.4. The Bertz CT molecular complexity index is 2360. The van der Waals surface area contributed by atoms with Gasteiger partial charge in [-0.3, -0.25) is 33.6 Å². The minimum atomic E-state index is -0.713. The van der Waals surface area contributed by atoms with Crippen molar-refractivity contribution in [3.63, 3.8) is 0 Å². The molecule has 0 amide bonds. The van der Waals surface area contributed by atoms with Crippen LogP contribution < -0.4 is 0 Å². The first-order chi connectivity index (χ1) is 39.7. The Kier molecular flexibility index (Phi) is 52.0. The van der Waals surface area contributed by atoms with Gasteiger partial charge in [-0.2, -0.15) is 0 Å². The van der Waals surface area contributed by atoms with Gasteiger partial charge in [-0.15, -0.1) is 0 Å². The molecule has 2 aromatic carbocycles. The molecular formula is C70H120N4O12. The van der Waals surface area contributed by atoms with E-state index >= 15 is 0 Å². The van der Waals surface area contributed by atoms with Crippen LogP contribution in [0.15, 0.2) is 73.6 Å². The zero-order chi connectivity index (χ0) is 67.9. The maximum atomic E-state index is 11.3. The molecule has 0 spiro atoms. The number of ketones is 4. The molecule has 2 aromatic heterocycles. The topological polar surface area (TPSA) is 267 Å². The van der Waals surface area contributed by atoms with Crippen molar-refractivity contribution in [2.45, 2.75) is 230 Å². The van der Waals surface area contributed by atoms with Crippen LogP contribution in [0.4, 0.5) is 0 Å². The third-order valence-corrected chi connectivity index (χ3v) is 13.5. The molecule has 4 aromatic rings. The number of nitrogens with zero attached hydrogens (tertiary/aromatic N) is 2. The van der Waals surface area contributed by atoms with Gasteiger partial charge < -0.3 is 35.1 Å². The van der Waals surface area contributed by atoms with E-state index in [2.05, 4.69) is 87.0 Å². The van der Waals surface area contributed by atoms with Crippen molar-refractivity contribution in [3.8, 4) is 11.5 Å². The number of Topliss-reactive ketones (excluding diaryl/α,β-unsaturated/α-hetero) is 4. The van der Waals surface area contributed by atoms with Crippen LogP contribution in [-0.2, 0) is 52.8 Å². The van der Waals surface area contributed by atoms with Gasteiger partial charge in [0.25, 0.3) is 0 Å². The molecule has 0 radical (unpaired) electrons. The highest BCUT2D eigenvalue weighted by Crippen LogP contribution is 2.30. The number of aromatic hydroxyl groups is 2. The molecule has 0 aliphatic heterocycles. The van der Waals surface area contributed by atoms with Gasteiger partial charge in [0.15, 0.2) is 5.78 Å². The summed E-state index contributed by atoms with van der Waals surface area (Å²) in [6, 6.07) is 14.1. The molecule has 0 bridgehead atoms. The summed E-state index contributed by atoms with van der Waals surface area (Å²) >= 11 is 0. The molecule has 0 saturated carbocycles. The highest BCUT2D eigenvalue weighted by molar-refractivity contribution is 5.95. The normalized spacial score (nSPS) is 10.6. The number of hydrogen-bond acceptors (Lipinski definition) is 12. The number of imidazole rings is 2. The monoisotopic (exact) mass is 1210 g/mol. The largest absolute Gasteiger partial charge is 0.508 e. The van der Waals surface area contributed by atoms with Gasteiger partial charge in [0.05, 0.1) is 38.8 Å². The standard InChI is InChI=1S/2C12H16O2.C9H14N2O.C9H18O2.C8H16O2.C7H10N2O.C5H10O2.C5H12.C3H8/c1-9(2)12(14)8-5-10-3-6-11(13)7-4-10;1-9(2)12(14)7-6-10-4-3-5-11(13)8-10;1-7(2)9(12)4-3-8-5-10-6-11-8;1-7(2)9(3,4)6-8(10)11-5;1-6(2)8(3,4)5-7(9)10;1-5(2)7(10)6-3-8-4-9-6;1-4(2)3-5(6)7;1-4-5(2)3;1-3-2/h3-4,6-7,9,13H,5,8H2,1-2H3;3-5,8-9,13H,6-7H2,1-2H3;5-7H,3-4H2,1-2H3,(H,10,11);7H,6H2,1-5H3;6H,5H2,1-4H3,(H,9,10);3-5H,1-2H3,(H,8,9);4H,3H2,1-2H3,(H,6,7);5H,4H2,1-3H3;3H2,1-2H3. The fourth-order valence-corrected chi connectivity index (χ4v) is 5.75. The van der Waals surface area contributed by atoms with Crippen molar-refractivity contribution in [1.29, 1.82) is 0 Å². The first kappa shape index (κ1) is 88.3. The molecule has 2 heterocycles.